The van der Waals surface area contributed by atoms with Crippen molar-refractivity contribution in [3.05, 3.63) is 35.7 Å². The first-order chi connectivity index (χ1) is 7.24. The molecule has 1 rings (SSSR count). The predicted molar refractivity (Wildman–Crippen MR) is 65.1 cm³/mol. The highest BCUT2D eigenvalue weighted by Crippen LogP contribution is 2.20. The van der Waals surface area contributed by atoms with Gasteiger partial charge in [-0.1, -0.05) is 24.6 Å². The van der Waals surface area contributed by atoms with Crippen molar-refractivity contribution in [2.75, 3.05) is 6.61 Å². The average molecular weight is 226 g/mol. The van der Waals surface area contributed by atoms with E-state index in [0.29, 0.717) is 12.5 Å². The van der Waals surface area contributed by atoms with Gasteiger partial charge in [-0.25, -0.2) is 0 Å². The van der Waals surface area contributed by atoms with Crippen molar-refractivity contribution in [3.63, 3.8) is 0 Å². The predicted octanol–water partition coefficient (Wildman–Crippen LogP) is 3.65. The van der Waals surface area contributed by atoms with Crippen molar-refractivity contribution in [2.24, 2.45) is 10.9 Å². The zero-order valence-electron chi connectivity index (χ0n) is 9.11. The highest BCUT2D eigenvalue weighted by Gasteiger charge is 2.06. The first kappa shape index (κ1) is 12.1. The third-order valence-electron chi connectivity index (χ3n) is 2.08. The molecule has 0 saturated heterocycles. The number of hydrogen-bond acceptors (Lipinski definition) is 2. The van der Waals surface area contributed by atoms with Crippen molar-refractivity contribution in [3.8, 4) is 0 Å². The lowest BCUT2D eigenvalue weighted by Gasteiger charge is -2.08. The molecule has 1 aliphatic rings. The van der Waals surface area contributed by atoms with Crippen LogP contribution in [0.5, 0.6) is 0 Å². The van der Waals surface area contributed by atoms with E-state index in [-0.39, 0.29) is 0 Å². The SMILES string of the molecule is CCO/C=C/C1=N/C=C/CC(C)/C(Cl)=C\1. The normalized spacial score (nSPS) is 31.0. The van der Waals surface area contributed by atoms with E-state index in [1.54, 1.807) is 6.26 Å². The van der Waals surface area contributed by atoms with E-state index in [0.717, 1.165) is 17.2 Å². The van der Waals surface area contributed by atoms with Crippen molar-refractivity contribution < 1.29 is 4.74 Å². The number of rotatable bonds is 3. The fourth-order valence-electron chi connectivity index (χ4n) is 1.14. The van der Waals surface area contributed by atoms with Crippen LogP contribution in [0.25, 0.3) is 0 Å². The first-order valence-electron chi connectivity index (χ1n) is 5.12. The fraction of sp³-hybridized carbons (Fsp3) is 0.417. The summed E-state index contributed by atoms with van der Waals surface area (Å²) >= 11 is 6.12. The summed E-state index contributed by atoms with van der Waals surface area (Å²) in [5, 5.41) is 0.833. The van der Waals surface area contributed by atoms with E-state index in [9.17, 15) is 0 Å². The number of ether oxygens (including phenoxy) is 1. The number of hydrogen-bond donors (Lipinski definition) is 0. The standard InChI is InChI=1S/C12H16ClNO/c1-3-15-8-6-11-9-12(13)10(2)5-4-7-14-11/h4,6-10H,3,5H2,1-2H3/b7-4+,8-6+,12-9+,14-11-. The highest BCUT2D eigenvalue weighted by atomic mass is 35.5. The van der Waals surface area contributed by atoms with Crippen molar-refractivity contribution >= 4 is 17.3 Å². The molecule has 0 bridgehead atoms. The Morgan fingerprint density at radius 1 is 1.67 bits per heavy atom. The summed E-state index contributed by atoms with van der Waals surface area (Å²) < 4.78 is 5.11. The minimum atomic E-state index is 0.355. The first-order valence-corrected chi connectivity index (χ1v) is 5.50. The monoisotopic (exact) mass is 225 g/mol. The van der Waals surface area contributed by atoms with Crippen molar-refractivity contribution in [1.29, 1.82) is 0 Å². The molecule has 0 aromatic rings. The van der Waals surface area contributed by atoms with Gasteiger partial charge in [-0.2, -0.15) is 0 Å². The summed E-state index contributed by atoms with van der Waals surface area (Å²) in [5.41, 5.74) is 0.816. The van der Waals surface area contributed by atoms with Crippen molar-refractivity contribution in [1.82, 2.24) is 0 Å². The Bertz CT molecular complexity index is 316. The Morgan fingerprint density at radius 2 is 2.47 bits per heavy atom. The largest absolute Gasteiger partial charge is 0.501 e. The van der Waals surface area contributed by atoms with Crippen molar-refractivity contribution in [2.45, 2.75) is 20.3 Å². The van der Waals surface area contributed by atoms with E-state index in [2.05, 4.69) is 11.9 Å². The van der Waals surface area contributed by atoms with Crippen LogP contribution in [-0.4, -0.2) is 12.3 Å². The van der Waals surface area contributed by atoms with Gasteiger partial charge in [0.2, 0.25) is 0 Å². The minimum absolute atomic E-state index is 0.355. The summed E-state index contributed by atoms with van der Waals surface area (Å²) in [6.45, 7) is 4.70. The zero-order chi connectivity index (χ0) is 11.1. The van der Waals surface area contributed by atoms with Gasteiger partial charge in [-0.3, -0.25) is 4.99 Å². The molecule has 15 heavy (non-hydrogen) atoms. The number of aliphatic imine (C=N–C) groups is 1. The van der Waals surface area contributed by atoms with Gasteiger partial charge in [0.1, 0.15) is 0 Å². The molecule has 1 unspecified atom stereocenters. The molecule has 0 radical (unpaired) electrons. The van der Waals surface area contributed by atoms with E-state index in [1.165, 1.54) is 0 Å². The summed E-state index contributed by atoms with van der Waals surface area (Å²) in [6.07, 6.45) is 10.1. The topological polar surface area (TPSA) is 21.6 Å². The molecule has 0 aliphatic carbocycles. The van der Waals surface area contributed by atoms with E-state index >= 15 is 0 Å². The van der Waals surface area contributed by atoms with Crippen LogP contribution in [0.4, 0.5) is 0 Å². The smallest absolute Gasteiger partial charge is 0.0850 e. The maximum atomic E-state index is 6.12. The number of halogens is 1. The molecule has 1 aliphatic heterocycles. The van der Waals surface area contributed by atoms with Crippen LogP contribution in [0.2, 0.25) is 0 Å². The quantitative estimate of drug-likeness (QED) is 0.672. The lowest BCUT2D eigenvalue weighted by molar-refractivity contribution is 0.270. The molecule has 82 valence electrons. The lowest BCUT2D eigenvalue weighted by Crippen LogP contribution is -1.99. The van der Waals surface area contributed by atoms with Gasteiger partial charge in [-0.15, -0.1) is 0 Å². The molecule has 0 saturated carbocycles. The summed E-state index contributed by atoms with van der Waals surface area (Å²) in [6, 6.07) is 0. The third-order valence-corrected chi connectivity index (χ3v) is 2.56. The Balaban J connectivity index is 2.76. The van der Waals surface area contributed by atoms with Crippen LogP contribution in [0.3, 0.4) is 0 Å². The Kier molecular flexibility index (Phi) is 5.19. The minimum Gasteiger partial charge on any atom is -0.501 e. The molecule has 0 N–H and O–H groups in total. The van der Waals surface area contributed by atoms with Gasteiger partial charge in [0.15, 0.2) is 0 Å². The summed E-state index contributed by atoms with van der Waals surface area (Å²) in [4.78, 5) is 4.25. The van der Waals surface area contributed by atoms with Crippen LogP contribution in [0.1, 0.15) is 20.3 Å². The molecule has 0 amide bonds. The van der Waals surface area contributed by atoms with Crippen LogP contribution in [-0.2, 0) is 4.74 Å². The van der Waals surface area contributed by atoms with Gasteiger partial charge >= 0.3 is 0 Å². The van der Waals surface area contributed by atoms with Gasteiger partial charge < -0.3 is 4.74 Å². The molecule has 2 nitrogen and oxygen atoms in total. The highest BCUT2D eigenvalue weighted by molar-refractivity contribution is 6.32. The van der Waals surface area contributed by atoms with Gasteiger partial charge in [0.05, 0.1) is 18.6 Å². The molecule has 0 spiro atoms. The molecule has 3 heteroatoms. The van der Waals surface area contributed by atoms with Gasteiger partial charge in [0, 0.05) is 11.2 Å². The maximum absolute atomic E-state index is 6.12. The van der Waals surface area contributed by atoms with E-state index in [1.807, 2.05) is 31.4 Å². The van der Waals surface area contributed by atoms with Crippen LogP contribution in [0, 0.1) is 5.92 Å². The second-order valence-corrected chi connectivity index (χ2v) is 3.80. The van der Waals surface area contributed by atoms with Gasteiger partial charge in [-0.05, 0) is 31.4 Å². The fourth-order valence-corrected chi connectivity index (χ4v) is 1.34. The van der Waals surface area contributed by atoms with Crippen LogP contribution in [0.15, 0.2) is 40.7 Å². The number of nitrogens with zero attached hydrogens (tertiary/aromatic N) is 1. The van der Waals surface area contributed by atoms with Crippen LogP contribution >= 0.6 is 11.6 Å². The van der Waals surface area contributed by atoms with Gasteiger partial charge in [0.25, 0.3) is 0 Å². The summed E-state index contributed by atoms with van der Waals surface area (Å²) in [5.74, 6) is 0.355. The van der Waals surface area contributed by atoms with E-state index < -0.39 is 0 Å². The third kappa shape index (κ3) is 4.34. The second kappa shape index (κ2) is 6.46. The molecular weight excluding hydrogens is 210 g/mol. The van der Waals surface area contributed by atoms with E-state index in [4.69, 9.17) is 16.3 Å². The molecular formula is C12H16ClNO. The Hall–Kier alpha value is -1.02. The molecule has 1 atom stereocenters. The maximum Gasteiger partial charge on any atom is 0.0850 e. The summed E-state index contributed by atoms with van der Waals surface area (Å²) in [7, 11) is 0. The molecule has 0 aromatic carbocycles. The number of allylic oxidation sites excluding steroid dienone is 4. The lowest BCUT2D eigenvalue weighted by atomic mass is 10.1. The van der Waals surface area contributed by atoms with Crippen LogP contribution < -0.4 is 0 Å². The second-order valence-electron chi connectivity index (χ2n) is 3.36. The Labute approximate surface area is 96.0 Å². The Morgan fingerprint density at radius 3 is 3.20 bits per heavy atom. The molecule has 0 aromatic heterocycles. The molecule has 1 heterocycles. The average Bonchev–Trinajstić information content (AvgIpc) is 2.21. The zero-order valence-corrected chi connectivity index (χ0v) is 9.87. The molecule has 0 fully saturated rings.